The standard InChI is InChI=1S/C26H22N2O3/c29-25(27-23-10-5-2-6-11-23)19-28(18-24-12-7-17-31-24)26(30)22-15-13-21(14-16-22)20-8-3-1-4-9-20/h1-17H,18-19H2,(H,27,29). The number of para-hydroxylation sites is 1. The molecule has 1 heterocycles. The van der Waals surface area contributed by atoms with E-state index in [1.54, 1.807) is 42.7 Å². The number of rotatable bonds is 7. The number of benzene rings is 3. The number of nitrogens with one attached hydrogen (secondary N) is 1. The van der Waals surface area contributed by atoms with E-state index in [9.17, 15) is 9.59 Å². The van der Waals surface area contributed by atoms with Crippen LogP contribution >= 0.6 is 0 Å². The van der Waals surface area contributed by atoms with Crippen LogP contribution in [-0.2, 0) is 11.3 Å². The molecule has 0 bridgehead atoms. The molecule has 31 heavy (non-hydrogen) atoms. The Labute approximate surface area is 180 Å². The number of carbonyl (C=O) groups excluding carboxylic acids is 2. The predicted molar refractivity (Wildman–Crippen MR) is 120 cm³/mol. The van der Waals surface area contributed by atoms with Gasteiger partial charge in [-0.3, -0.25) is 9.59 Å². The molecular weight excluding hydrogens is 388 g/mol. The molecule has 154 valence electrons. The van der Waals surface area contributed by atoms with Crippen molar-refractivity contribution in [3.05, 3.63) is 115 Å². The molecule has 0 aliphatic carbocycles. The van der Waals surface area contributed by atoms with Gasteiger partial charge >= 0.3 is 0 Å². The largest absolute Gasteiger partial charge is 0.467 e. The molecule has 0 spiro atoms. The fraction of sp³-hybridized carbons (Fsp3) is 0.0769. The molecule has 0 aliphatic heterocycles. The number of hydrogen-bond acceptors (Lipinski definition) is 3. The smallest absolute Gasteiger partial charge is 0.254 e. The van der Waals surface area contributed by atoms with Crippen LogP contribution in [0.4, 0.5) is 5.69 Å². The summed E-state index contributed by atoms with van der Waals surface area (Å²) in [5, 5.41) is 2.83. The minimum Gasteiger partial charge on any atom is -0.467 e. The summed E-state index contributed by atoms with van der Waals surface area (Å²) in [6.45, 7) is 0.114. The topological polar surface area (TPSA) is 62.6 Å². The van der Waals surface area contributed by atoms with Crippen LogP contribution in [0.2, 0.25) is 0 Å². The second-order valence-electron chi connectivity index (χ2n) is 7.10. The zero-order valence-electron chi connectivity index (χ0n) is 16.9. The molecule has 1 aromatic heterocycles. The summed E-state index contributed by atoms with van der Waals surface area (Å²) >= 11 is 0. The van der Waals surface area contributed by atoms with Crippen LogP contribution in [0.15, 0.2) is 108 Å². The second kappa shape index (κ2) is 9.59. The summed E-state index contributed by atoms with van der Waals surface area (Å²) in [5.41, 5.74) is 3.30. The van der Waals surface area contributed by atoms with Crippen molar-refractivity contribution in [2.75, 3.05) is 11.9 Å². The molecule has 5 heteroatoms. The summed E-state index contributed by atoms with van der Waals surface area (Å²) < 4.78 is 5.40. The highest BCUT2D eigenvalue weighted by atomic mass is 16.3. The van der Waals surface area contributed by atoms with Crippen molar-refractivity contribution in [2.24, 2.45) is 0 Å². The number of carbonyl (C=O) groups is 2. The second-order valence-corrected chi connectivity index (χ2v) is 7.10. The van der Waals surface area contributed by atoms with Crippen molar-refractivity contribution in [3.8, 4) is 11.1 Å². The van der Waals surface area contributed by atoms with Gasteiger partial charge in [-0.15, -0.1) is 0 Å². The first-order chi connectivity index (χ1) is 15.2. The zero-order chi connectivity index (χ0) is 21.5. The van der Waals surface area contributed by atoms with Gasteiger partial charge in [-0.25, -0.2) is 0 Å². The molecule has 4 aromatic rings. The van der Waals surface area contributed by atoms with Crippen molar-refractivity contribution in [2.45, 2.75) is 6.54 Å². The molecule has 0 atom stereocenters. The molecule has 0 aliphatic rings. The van der Waals surface area contributed by atoms with Crippen molar-refractivity contribution < 1.29 is 14.0 Å². The minimum absolute atomic E-state index is 0.0884. The van der Waals surface area contributed by atoms with Gasteiger partial charge in [-0.2, -0.15) is 0 Å². The molecule has 0 fully saturated rings. The number of furan rings is 1. The van der Waals surface area contributed by atoms with E-state index in [0.29, 0.717) is 17.0 Å². The fourth-order valence-corrected chi connectivity index (χ4v) is 3.30. The van der Waals surface area contributed by atoms with Crippen LogP contribution in [0.25, 0.3) is 11.1 Å². The highest BCUT2D eigenvalue weighted by Crippen LogP contribution is 2.20. The maximum atomic E-state index is 13.2. The quantitative estimate of drug-likeness (QED) is 0.454. The number of nitrogens with zero attached hydrogens (tertiary/aromatic N) is 1. The Balaban J connectivity index is 1.51. The van der Waals surface area contributed by atoms with Crippen LogP contribution < -0.4 is 5.32 Å². The summed E-state index contributed by atoms with van der Waals surface area (Å²) in [6.07, 6.45) is 1.55. The number of amides is 2. The molecule has 0 saturated heterocycles. The lowest BCUT2D eigenvalue weighted by molar-refractivity contribution is -0.117. The molecule has 2 amide bonds. The lowest BCUT2D eigenvalue weighted by Gasteiger charge is -2.21. The average molecular weight is 410 g/mol. The van der Waals surface area contributed by atoms with Crippen molar-refractivity contribution in [3.63, 3.8) is 0 Å². The molecule has 3 aromatic carbocycles. The van der Waals surface area contributed by atoms with E-state index >= 15 is 0 Å². The van der Waals surface area contributed by atoms with E-state index < -0.39 is 0 Å². The van der Waals surface area contributed by atoms with E-state index in [0.717, 1.165) is 11.1 Å². The molecule has 0 saturated carbocycles. The predicted octanol–water partition coefficient (Wildman–Crippen LogP) is 5.23. The first-order valence-corrected chi connectivity index (χ1v) is 10.0. The van der Waals surface area contributed by atoms with Gasteiger partial charge in [0.25, 0.3) is 5.91 Å². The first-order valence-electron chi connectivity index (χ1n) is 10.0. The van der Waals surface area contributed by atoms with Gasteiger partial charge in [-0.1, -0.05) is 60.7 Å². The van der Waals surface area contributed by atoms with E-state index in [1.807, 2.05) is 60.7 Å². The lowest BCUT2D eigenvalue weighted by Crippen LogP contribution is -2.37. The Morgan fingerprint density at radius 2 is 1.39 bits per heavy atom. The van der Waals surface area contributed by atoms with Crippen molar-refractivity contribution >= 4 is 17.5 Å². The van der Waals surface area contributed by atoms with Gasteiger partial charge in [0.15, 0.2) is 0 Å². The SMILES string of the molecule is O=C(CN(Cc1ccco1)C(=O)c1ccc(-c2ccccc2)cc1)Nc1ccccc1. The molecule has 5 nitrogen and oxygen atoms in total. The zero-order valence-corrected chi connectivity index (χ0v) is 16.9. The van der Waals surface area contributed by atoms with Crippen LogP contribution in [0, 0.1) is 0 Å². The molecule has 4 rings (SSSR count). The summed E-state index contributed by atoms with van der Waals surface area (Å²) in [6, 6.07) is 30.1. The average Bonchev–Trinajstić information content (AvgIpc) is 3.33. The normalized spacial score (nSPS) is 10.5. The maximum Gasteiger partial charge on any atom is 0.254 e. The summed E-state index contributed by atoms with van der Waals surface area (Å²) in [5.74, 6) is 0.105. The molecule has 1 N–H and O–H groups in total. The highest BCUT2D eigenvalue weighted by Gasteiger charge is 2.20. The van der Waals surface area contributed by atoms with Crippen LogP contribution in [-0.4, -0.2) is 23.3 Å². The Morgan fingerprint density at radius 3 is 2.03 bits per heavy atom. The van der Waals surface area contributed by atoms with E-state index in [1.165, 1.54) is 4.90 Å². The fourth-order valence-electron chi connectivity index (χ4n) is 3.30. The maximum absolute atomic E-state index is 13.2. The van der Waals surface area contributed by atoms with Crippen molar-refractivity contribution in [1.82, 2.24) is 4.90 Å². The molecule has 0 unspecified atom stereocenters. The van der Waals surface area contributed by atoms with Gasteiger partial charge in [0.2, 0.25) is 5.91 Å². The van der Waals surface area contributed by atoms with Crippen LogP contribution in [0.1, 0.15) is 16.1 Å². The van der Waals surface area contributed by atoms with E-state index in [-0.39, 0.29) is 24.9 Å². The van der Waals surface area contributed by atoms with E-state index in [4.69, 9.17) is 4.42 Å². The Kier molecular flexibility index (Phi) is 6.24. The van der Waals surface area contributed by atoms with Crippen LogP contribution in [0.5, 0.6) is 0 Å². The van der Waals surface area contributed by atoms with Crippen molar-refractivity contribution in [1.29, 1.82) is 0 Å². The Bertz CT molecular complexity index is 1120. The van der Waals surface area contributed by atoms with Gasteiger partial charge < -0.3 is 14.6 Å². The highest BCUT2D eigenvalue weighted by molar-refractivity contribution is 5.99. The van der Waals surface area contributed by atoms with Gasteiger partial charge in [0.05, 0.1) is 12.8 Å². The van der Waals surface area contributed by atoms with Gasteiger partial charge in [-0.05, 0) is 47.5 Å². The number of anilines is 1. The first kappa shape index (κ1) is 20.2. The lowest BCUT2D eigenvalue weighted by atomic mass is 10.0. The molecule has 0 radical (unpaired) electrons. The Hall–Kier alpha value is -4.12. The minimum atomic E-state index is -0.271. The Morgan fingerprint density at radius 1 is 0.742 bits per heavy atom. The van der Waals surface area contributed by atoms with E-state index in [2.05, 4.69) is 5.32 Å². The molecular formula is C26H22N2O3. The third-order valence-electron chi connectivity index (χ3n) is 4.84. The van der Waals surface area contributed by atoms with Gasteiger partial charge in [0, 0.05) is 11.3 Å². The number of hydrogen-bond donors (Lipinski definition) is 1. The van der Waals surface area contributed by atoms with Crippen LogP contribution in [0.3, 0.4) is 0 Å². The summed E-state index contributed by atoms with van der Waals surface area (Å²) in [7, 11) is 0. The third-order valence-corrected chi connectivity index (χ3v) is 4.84. The van der Waals surface area contributed by atoms with Gasteiger partial charge in [0.1, 0.15) is 12.3 Å². The monoisotopic (exact) mass is 410 g/mol. The summed E-state index contributed by atoms with van der Waals surface area (Å²) in [4.78, 5) is 27.3. The third kappa shape index (κ3) is 5.28.